The SMILES string of the molecule is CCCN1C(=O)NC(c2cccc(NC(=O)Nc3cccc(OC)c3)c2)C(C(=O)OCC)=C1C. The Hall–Kier alpha value is -4.01. The third kappa shape index (κ3) is 5.67. The lowest BCUT2D eigenvalue weighted by atomic mass is 9.94. The molecule has 0 saturated heterocycles. The zero-order valence-corrected chi connectivity index (χ0v) is 19.8. The summed E-state index contributed by atoms with van der Waals surface area (Å²) in [4.78, 5) is 39.7. The molecule has 180 valence electrons. The molecule has 1 unspecified atom stereocenters. The molecular weight excluding hydrogens is 436 g/mol. The van der Waals surface area contributed by atoms with Crippen molar-refractivity contribution in [1.82, 2.24) is 10.2 Å². The lowest BCUT2D eigenvalue weighted by molar-refractivity contribution is -0.139. The van der Waals surface area contributed by atoms with Crippen molar-refractivity contribution >= 4 is 29.4 Å². The number of ether oxygens (including phenoxy) is 2. The second kappa shape index (κ2) is 11.2. The minimum Gasteiger partial charge on any atom is -0.497 e. The van der Waals surface area contributed by atoms with Gasteiger partial charge in [0.2, 0.25) is 0 Å². The molecule has 0 saturated carbocycles. The first kappa shape index (κ1) is 24.6. The Morgan fingerprint density at radius 3 is 2.38 bits per heavy atom. The van der Waals surface area contributed by atoms with Crippen LogP contribution in [0, 0.1) is 0 Å². The number of carbonyl (C=O) groups is 3. The summed E-state index contributed by atoms with van der Waals surface area (Å²) in [5.41, 5.74) is 2.65. The van der Waals surface area contributed by atoms with Gasteiger partial charge in [-0.25, -0.2) is 14.4 Å². The fourth-order valence-electron chi connectivity index (χ4n) is 3.79. The fourth-order valence-corrected chi connectivity index (χ4v) is 3.79. The predicted molar refractivity (Wildman–Crippen MR) is 130 cm³/mol. The summed E-state index contributed by atoms with van der Waals surface area (Å²) < 4.78 is 10.5. The highest BCUT2D eigenvalue weighted by Gasteiger charge is 2.36. The van der Waals surface area contributed by atoms with Gasteiger partial charge >= 0.3 is 18.0 Å². The van der Waals surface area contributed by atoms with E-state index >= 15 is 0 Å². The van der Waals surface area contributed by atoms with Crippen molar-refractivity contribution in [2.75, 3.05) is 30.9 Å². The molecule has 2 aromatic carbocycles. The highest BCUT2D eigenvalue weighted by atomic mass is 16.5. The number of nitrogens with one attached hydrogen (secondary N) is 3. The van der Waals surface area contributed by atoms with Crippen LogP contribution in [0.1, 0.15) is 38.8 Å². The molecule has 1 aliphatic rings. The van der Waals surface area contributed by atoms with Gasteiger partial charge in [0.15, 0.2) is 0 Å². The maximum Gasteiger partial charge on any atom is 0.338 e. The Labute approximate surface area is 199 Å². The van der Waals surface area contributed by atoms with Crippen molar-refractivity contribution < 1.29 is 23.9 Å². The normalized spacial score (nSPS) is 15.5. The first-order valence-corrected chi connectivity index (χ1v) is 11.2. The topological polar surface area (TPSA) is 109 Å². The Balaban J connectivity index is 1.85. The molecule has 3 rings (SSSR count). The Morgan fingerprint density at radius 2 is 1.74 bits per heavy atom. The van der Waals surface area contributed by atoms with Crippen molar-refractivity contribution in [3.05, 3.63) is 65.4 Å². The summed E-state index contributed by atoms with van der Waals surface area (Å²) in [6.45, 7) is 6.15. The van der Waals surface area contributed by atoms with E-state index in [4.69, 9.17) is 9.47 Å². The molecule has 0 radical (unpaired) electrons. The molecule has 3 N–H and O–H groups in total. The molecule has 0 aliphatic carbocycles. The molecule has 4 amide bonds. The molecule has 1 atom stereocenters. The predicted octanol–water partition coefficient (Wildman–Crippen LogP) is 4.65. The molecular formula is C25H30N4O5. The van der Waals surface area contributed by atoms with Gasteiger partial charge in [0.05, 0.1) is 25.3 Å². The van der Waals surface area contributed by atoms with Gasteiger partial charge in [0, 0.05) is 29.7 Å². The second-order valence-electron chi connectivity index (χ2n) is 7.69. The maximum atomic E-state index is 12.8. The first-order chi connectivity index (χ1) is 16.4. The summed E-state index contributed by atoms with van der Waals surface area (Å²) in [5.74, 6) is 0.138. The van der Waals surface area contributed by atoms with E-state index in [0.717, 1.165) is 6.42 Å². The number of methoxy groups -OCH3 is 1. The number of anilines is 2. The smallest absolute Gasteiger partial charge is 0.338 e. The van der Waals surface area contributed by atoms with Gasteiger partial charge in [-0.2, -0.15) is 0 Å². The van der Waals surface area contributed by atoms with E-state index in [1.165, 1.54) is 0 Å². The third-order valence-electron chi connectivity index (χ3n) is 5.34. The third-order valence-corrected chi connectivity index (χ3v) is 5.34. The van der Waals surface area contributed by atoms with Crippen LogP contribution in [0.5, 0.6) is 5.75 Å². The zero-order chi connectivity index (χ0) is 24.7. The molecule has 34 heavy (non-hydrogen) atoms. The van der Waals surface area contributed by atoms with Gasteiger partial charge in [0.25, 0.3) is 0 Å². The van der Waals surface area contributed by atoms with E-state index in [-0.39, 0.29) is 12.6 Å². The molecule has 0 fully saturated rings. The highest BCUT2D eigenvalue weighted by Crippen LogP contribution is 2.32. The average Bonchev–Trinajstić information content (AvgIpc) is 2.81. The molecule has 1 aliphatic heterocycles. The van der Waals surface area contributed by atoms with Crippen LogP contribution in [0.4, 0.5) is 21.0 Å². The molecule has 9 nitrogen and oxygen atoms in total. The first-order valence-electron chi connectivity index (χ1n) is 11.2. The fraction of sp³-hybridized carbons (Fsp3) is 0.320. The van der Waals surface area contributed by atoms with Crippen molar-refractivity contribution in [2.24, 2.45) is 0 Å². The van der Waals surface area contributed by atoms with Crippen molar-refractivity contribution in [3.8, 4) is 5.75 Å². The molecule has 0 aromatic heterocycles. The molecule has 0 spiro atoms. The number of rotatable bonds is 8. The van der Waals surface area contributed by atoms with Crippen LogP contribution in [-0.2, 0) is 9.53 Å². The summed E-state index contributed by atoms with van der Waals surface area (Å²) >= 11 is 0. The number of benzene rings is 2. The number of esters is 1. The Morgan fingerprint density at radius 1 is 1.06 bits per heavy atom. The van der Waals surface area contributed by atoms with E-state index in [2.05, 4.69) is 16.0 Å². The van der Waals surface area contributed by atoms with Crippen LogP contribution in [0.3, 0.4) is 0 Å². The number of carbonyl (C=O) groups excluding carboxylic acids is 3. The van der Waals surface area contributed by atoms with Crippen LogP contribution in [0.2, 0.25) is 0 Å². The summed E-state index contributed by atoms with van der Waals surface area (Å²) in [6.07, 6.45) is 0.743. The van der Waals surface area contributed by atoms with Crippen LogP contribution in [0.15, 0.2) is 59.8 Å². The van der Waals surface area contributed by atoms with Crippen molar-refractivity contribution in [2.45, 2.75) is 33.2 Å². The molecule has 1 heterocycles. The van der Waals surface area contributed by atoms with Crippen LogP contribution < -0.4 is 20.7 Å². The zero-order valence-electron chi connectivity index (χ0n) is 19.8. The standard InChI is InChI=1S/C25H30N4O5/c1-5-13-29-16(3)21(23(30)34-6-2)22(28-25(29)32)17-9-7-10-18(14-17)26-24(31)27-19-11-8-12-20(15-19)33-4/h7-12,14-15,22H,5-6,13H2,1-4H3,(H,28,32)(H2,26,27,31). The monoisotopic (exact) mass is 466 g/mol. The van der Waals surface area contributed by atoms with Crippen molar-refractivity contribution in [3.63, 3.8) is 0 Å². The summed E-state index contributed by atoms with van der Waals surface area (Å²) in [7, 11) is 1.55. The van der Waals surface area contributed by atoms with E-state index in [9.17, 15) is 14.4 Å². The molecule has 0 bridgehead atoms. The van der Waals surface area contributed by atoms with Gasteiger partial charge in [-0.15, -0.1) is 0 Å². The number of allylic oxidation sites excluding steroid dienone is 1. The van der Waals surface area contributed by atoms with Crippen molar-refractivity contribution in [1.29, 1.82) is 0 Å². The van der Waals surface area contributed by atoms with Crippen LogP contribution in [0.25, 0.3) is 0 Å². The van der Waals surface area contributed by atoms with Gasteiger partial charge in [-0.3, -0.25) is 4.90 Å². The largest absolute Gasteiger partial charge is 0.497 e. The Bertz CT molecular complexity index is 1100. The van der Waals surface area contributed by atoms with E-state index in [1.807, 2.05) is 6.92 Å². The van der Waals surface area contributed by atoms with E-state index in [0.29, 0.717) is 40.5 Å². The van der Waals surface area contributed by atoms with Gasteiger partial charge in [-0.1, -0.05) is 25.1 Å². The van der Waals surface area contributed by atoms with Crippen LogP contribution in [-0.4, -0.2) is 43.2 Å². The minimum atomic E-state index is -0.706. The lowest BCUT2D eigenvalue weighted by Gasteiger charge is -2.35. The summed E-state index contributed by atoms with van der Waals surface area (Å²) in [6, 6.07) is 12.6. The molecule has 2 aromatic rings. The Kier molecular flexibility index (Phi) is 8.13. The number of nitrogens with zero attached hydrogens (tertiary/aromatic N) is 1. The van der Waals surface area contributed by atoms with Gasteiger partial charge < -0.3 is 25.4 Å². The second-order valence-corrected chi connectivity index (χ2v) is 7.69. The lowest BCUT2D eigenvalue weighted by Crippen LogP contribution is -2.48. The van der Waals surface area contributed by atoms with E-state index < -0.39 is 18.0 Å². The summed E-state index contributed by atoms with van der Waals surface area (Å²) in [5, 5.41) is 8.44. The average molecular weight is 467 g/mol. The molecule has 9 heteroatoms. The number of hydrogen-bond acceptors (Lipinski definition) is 5. The van der Waals surface area contributed by atoms with E-state index in [1.54, 1.807) is 74.4 Å². The quantitative estimate of drug-likeness (QED) is 0.491. The number of hydrogen-bond donors (Lipinski definition) is 3. The van der Waals surface area contributed by atoms with Gasteiger partial charge in [-0.05, 0) is 50.1 Å². The number of amides is 4. The minimum absolute atomic E-state index is 0.218. The van der Waals surface area contributed by atoms with Gasteiger partial charge in [0.1, 0.15) is 5.75 Å². The number of urea groups is 2. The highest BCUT2D eigenvalue weighted by molar-refractivity contribution is 6.00. The maximum absolute atomic E-state index is 12.8. The van der Waals surface area contributed by atoms with Crippen LogP contribution >= 0.6 is 0 Å².